The summed E-state index contributed by atoms with van der Waals surface area (Å²) in [7, 11) is 2.21. The van der Waals surface area contributed by atoms with Crippen LogP contribution in [0.15, 0.2) is 10.5 Å². The van der Waals surface area contributed by atoms with Crippen molar-refractivity contribution < 1.29 is 0 Å². The van der Waals surface area contributed by atoms with Crippen molar-refractivity contribution >= 4 is 38.9 Å². The van der Waals surface area contributed by atoms with Gasteiger partial charge in [-0.3, -0.25) is 4.90 Å². The van der Waals surface area contributed by atoms with Gasteiger partial charge in [-0.05, 0) is 55.0 Å². The number of hydrogen-bond acceptors (Lipinski definition) is 3. The standard InChI is InChI=1S/C11H16BrClN2S/c1-15(8-2-4-14-5-3-8)7-9-6-10(12)11(13)16-9/h6,8,14H,2-5,7H2,1H3. The van der Waals surface area contributed by atoms with E-state index in [4.69, 9.17) is 11.6 Å². The fourth-order valence-electron chi connectivity index (χ4n) is 2.09. The fourth-order valence-corrected chi connectivity index (χ4v) is 3.95. The monoisotopic (exact) mass is 322 g/mol. The number of piperidine rings is 1. The lowest BCUT2D eigenvalue weighted by molar-refractivity contribution is 0.193. The van der Waals surface area contributed by atoms with Crippen molar-refractivity contribution in [2.75, 3.05) is 20.1 Å². The van der Waals surface area contributed by atoms with Crippen molar-refractivity contribution in [1.29, 1.82) is 0 Å². The molecule has 1 aliphatic heterocycles. The van der Waals surface area contributed by atoms with Crippen LogP contribution >= 0.6 is 38.9 Å². The van der Waals surface area contributed by atoms with E-state index in [-0.39, 0.29) is 0 Å². The highest BCUT2D eigenvalue weighted by Gasteiger charge is 2.18. The molecule has 2 nitrogen and oxygen atoms in total. The van der Waals surface area contributed by atoms with Crippen molar-refractivity contribution in [3.8, 4) is 0 Å². The molecule has 1 N–H and O–H groups in total. The molecule has 0 saturated carbocycles. The Hall–Kier alpha value is 0.390. The van der Waals surface area contributed by atoms with Gasteiger partial charge in [0.15, 0.2) is 0 Å². The molecule has 1 aliphatic rings. The molecule has 5 heteroatoms. The number of nitrogens with zero attached hydrogens (tertiary/aromatic N) is 1. The van der Waals surface area contributed by atoms with Crippen LogP contribution in [0.4, 0.5) is 0 Å². The Kier molecular flexibility index (Phi) is 4.67. The average molecular weight is 324 g/mol. The Labute approximate surface area is 114 Å². The summed E-state index contributed by atoms with van der Waals surface area (Å²) in [4.78, 5) is 3.77. The second-order valence-corrected chi connectivity index (χ2v) is 6.82. The molecular weight excluding hydrogens is 308 g/mol. The van der Waals surface area contributed by atoms with Crippen molar-refractivity contribution in [2.24, 2.45) is 0 Å². The lowest BCUT2D eigenvalue weighted by Crippen LogP contribution is -2.40. The molecule has 90 valence electrons. The summed E-state index contributed by atoms with van der Waals surface area (Å²) in [5.41, 5.74) is 0. The molecule has 0 amide bonds. The quantitative estimate of drug-likeness (QED) is 0.917. The Morgan fingerprint density at radius 2 is 2.25 bits per heavy atom. The van der Waals surface area contributed by atoms with Gasteiger partial charge in [0.2, 0.25) is 0 Å². The maximum atomic E-state index is 6.04. The summed E-state index contributed by atoms with van der Waals surface area (Å²) in [5.74, 6) is 0. The van der Waals surface area contributed by atoms with Gasteiger partial charge in [-0.2, -0.15) is 0 Å². The van der Waals surface area contributed by atoms with E-state index in [0.717, 1.165) is 28.4 Å². The van der Waals surface area contributed by atoms with Gasteiger partial charge < -0.3 is 5.32 Å². The highest BCUT2D eigenvalue weighted by Crippen LogP contribution is 2.32. The summed E-state index contributed by atoms with van der Waals surface area (Å²) in [5, 5.41) is 3.39. The summed E-state index contributed by atoms with van der Waals surface area (Å²) in [6.07, 6.45) is 2.49. The zero-order valence-electron chi connectivity index (χ0n) is 9.30. The number of rotatable bonds is 3. The summed E-state index contributed by atoms with van der Waals surface area (Å²) in [6.45, 7) is 3.29. The van der Waals surface area contributed by atoms with Gasteiger partial charge >= 0.3 is 0 Å². The minimum absolute atomic E-state index is 0.709. The molecule has 1 fully saturated rings. The molecule has 0 unspecified atom stereocenters. The molecule has 0 radical (unpaired) electrons. The van der Waals surface area contributed by atoms with Crippen LogP contribution in [0.3, 0.4) is 0 Å². The van der Waals surface area contributed by atoms with Crippen LogP contribution in [0.1, 0.15) is 17.7 Å². The normalized spacial score (nSPS) is 18.2. The maximum absolute atomic E-state index is 6.04. The minimum atomic E-state index is 0.709. The lowest BCUT2D eigenvalue weighted by Gasteiger charge is -2.31. The van der Waals surface area contributed by atoms with E-state index in [2.05, 4.69) is 39.3 Å². The van der Waals surface area contributed by atoms with Gasteiger partial charge in [-0.25, -0.2) is 0 Å². The van der Waals surface area contributed by atoms with Gasteiger partial charge in [-0.15, -0.1) is 11.3 Å². The van der Waals surface area contributed by atoms with Gasteiger partial charge in [0, 0.05) is 21.9 Å². The molecule has 0 atom stereocenters. The molecule has 2 heterocycles. The summed E-state index contributed by atoms with van der Waals surface area (Å²) in [6, 6.07) is 2.84. The van der Waals surface area contributed by atoms with Crippen LogP contribution in [0.25, 0.3) is 0 Å². The van der Waals surface area contributed by atoms with Crippen LogP contribution in [0, 0.1) is 0 Å². The average Bonchev–Trinajstić information content (AvgIpc) is 2.59. The van der Waals surface area contributed by atoms with E-state index >= 15 is 0 Å². The molecule has 16 heavy (non-hydrogen) atoms. The zero-order valence-corrected chi connectivity index (χ0v) is 12.5. The first-order valence-electron chi connectivity index (χ1n) is 5.51. The molecule has 1 saturated heterocycles. The first-order chi connectivity index (χ1) is 7.66. The van der Waals surface area contributed by atoms with Gasteiger partial charge in [0.25, 0.3) is 0 Å². The largest absolute Gasteiger partial charge is 0.317 e. The molecule has 0 aliphatic carbocycles. The summed E-state index contributed by atoms with van der Waals surface area (Å²) >= 11 is 11.2. The lowest BCUT2D eigenvalue weighted by atomic mass is 10.1. The van der Waals surface area contributed by atoms with Crippen molar-refractivity contribution in [1.82, 2.24) is 10.2 Å². The number of hydrogen-bond donors (Lipinski definition) is 1. The van der Waals surface area contributed by atoms with E-state index in [9.17, 15) is 0 Å². The first kappa shape index (κ1) is 12.8. The van der Waals surface area contributed by atoms with Crippen molar-refractivity contribution in [2.45, 2.75) is 25.4 Å². The van der Waals surface area contributed by atoms with Gasteiger partial charge in [0.05, 0.1) is 0 Å². The molecule has 0 aromatic carbocycles. The first-order valence-corrected chi connectivity index (χ1v) is 7.50. The van der Waals surface area contributed by atoms with Crippen LogP contribution in [0.5, 0.6) is 0 Å². The van der Waals surface area contributed by atoms with Crippen LogP contribution in [-0.4, -0.2) is 31.1 Å². The predicted molar refractivity (Wildman–Crippen MR) is 74.4 cm³/mol. The Balaban J connectivity index is 1.93. The van der Waals surface area contributed by atoms with Gasteiger partial charge in [-0.1, -0.05) is 11.6 Å². The van der Waals surface area contributed by atoms with Crippen LogP contribution in [0.2, 0.25) is 4.34 Å². The molecule has 2 rings (SSSR count). The van der Waals surface area contributed by atoms with Crippen LogP contribution < -0.4 is 5.32 Å². The Bertz CT molecular complexity index is 330. The fraction of sp³-hybridized carbons (Fsp3) is 0.636. The van der Waals surface area contributed by atoms with E-state index in [1.54, 1.807) is 11.3 Å². The zero-order chi connectivity index (χ0) is 11.5. The van der Waals surface area contributed by atoms with Crippen molar-refractivity contribution in [3.05, 3.63) is 19.8 Å². The highest BCUT2D eigenvalue weighted by molar-refractivity contribution is 9.10. The maximum Gasteiger partial charge on any atom is 0.107 e. The molecule has 1 aromatic rings. The summed E-state index contributed by atoms with van der Waals surface area (Å²) < 4.78 is 1.88. The van der Waals surface area contributed by atoms with Crippen LogP contribution in [-0.2, 0) is 6.54 Å². The smallest absolute Gasteiger partial charge is 0.107 e. The second-order valence-electron chi connectivity index (χ2n) is 4.23. The highest BCUT2D eigenvalue weighted by atomic mass is 79.9. The molecule has 1 aromatic heterocycles. The SMILES string of the molecule is CN(Cc1cc(Br)c(Cl)s1)C1CCNCC1. The van der Waals surface area contributed by atoms with Gasteiger partial charge in [0.1, 0.15) is 4.34 Å². The minimum Gasteiger partial charge on any atom is -0.317 e. The van der Waals surface area contributed by atoms with E-state index < -0.39 is 0 Å². The third kappa shape index (κ3) is 3.20. The predicted octanol–water partition coefficient (Wildman–Crippen LogP) is 3.35. The van der Waals surface area contributed by atoms with Crippen molar-refractivity contribution in [3.63, 3.8) is 0 Å². The second kappa shape index (κ2) is 5.83. The third-order valence-corrected chi connectivity index (χ3v) is 5.49. The van der Waals surface area contributed by atoms with E-state index in [1.807, 2.05) is 0 Å². The van der Waals surface area contributed by atoms with E-state index in [0.29, 0.717) is 6.04 Å². The molecule has 0 bridgehead atoms. The molecule has 0 spiro atoms. The molecular formula is C11H16BrClN2S. The number of nitrogens with one attached hydrogen (secondary N) is 1. The topological polar surface area (TPSA) is 15.3 Å². The third-order valence-electron chi connectivity index (χ3n) is 3.03. The number of halogens is 2. The Morgan fingerprint density at radius 1 is 1.56 bits per heavy atom. The Morgan fingerprint density at radius 3 is 2.81 bits per heavy atom. The number of thiophene rings is 1. The van der Waals surface area contributed by atoms with E-state index in [1.165, 1.54) is 17.7 Å².